The molecule has 0 fully saturated rings. The average molecular weight is 298 g/mol. The predicted octanol–water partition coefficient (Wildman–Crippen LogP) is 5.06. The van der Waals surface area contributed by atoms with Crippen molar-refractivity contribution in [3.8, 4) is 0 Å². The van der Waals surface area contributed by atoms with Crippen LogP contribution in [-0.2, 0) is 42.8 Å². The molecule has 2 aromatic carbocycles. The summed E-state index contributed by atoms with van der Waals surface area (Å²) in [5.74, 6) is 0. The van der Waals surface area contributed by atoms with Gasteiger partial charge in [0.25, 0.3) is 0 Å². The third kappa shape index (κ3) is 5.38. The van der Waals surface area contributed by atoms with Crippen molar-refractivity contribution in [3.05, 3.63) is 58.7 Å². The van der Waals surface area contributed by atoms with Crippen LogP contribution in [0.25, 0.3) is 0 Å². The van der Waals surface area contributed by atoms with Gasteiger partial charge in [0, 0.05) is 0 Å². The van der Waals surface area contributed by atoms with E-state index in [-0.39, 0.29) is 17.1 Å². The van der Waals surface area contributed by atoms with Gasteiger partial charge in [0.1, 0.15) is 0 Å². The zero-order chi connectivity index (χ0) is 13.4. The van der Waals surface area contributed by atoms with E-state index in [9.17, 15) is 0 Å². The summed E-state index contributed by atoms with van der Waals surface area (Å²) in [5, 5.41) is 0. The van der Waals surface area contributed by atoms with E-state index in [1.807, 2.05) is 0 Å². The molecule has 0 saturated heterocycles. The first-order chi connectivity index (χ1) is 8.76. The van der Waals surface area contributed by atoms with Crippen LogP contribution >= 0.6 is 0 Å². The summed E-state index contributed by atoms with van der Waals surface area (Å²) in [7, 11) is 0. The minimum Gasteiger partial charge on any atom is -0.213 e. The summed E-state index contributed by atoms with van der Waals surface area (Å²) in [6, 6.07) is 13.1. The van der Waals surface area contributed by atoms with E-state index in [1.54, 1.807) is 0 Å². The van der Waals surface area contributed by atoms with Crippen LogP contribution in [0.5, 0.6) is 0 Å². The van der Waals surface area contributed by atoms with Crippen LogP contribution in [0.3, 0.4) is 0 Å². The van der Waals surface area contributed by atoms with Crippen molar-refractivity contribution >= 4 is 0 Å². The van der Waals surface area contributed by atoms with Gasteiger partial charge in [-0.15, -0.1) is 0 Å². The monoisotopic (exact) mass is 298 g/mol. The Labute approximate surface area is 129 Å². The van der Waals surface area contributed by atoms with E-state index >= 15 is 0 Å². The van der Waals surface area contributed by atoms with Gasteiger partial charge >= 0.3 is 17.1 Å². The molecule has 0 nitrogen and oxygen atoms in total. The molecule has 0 aliphatic carbocycles. The van der Waals surface area contributed by atoms with Crippen molar-refractivity contribution in [3.63, 3.8) is 0 Å². The molecule has 0 bridgehead atoms. The fourth-order valence-corrected chi connectivity index (χ4v) is 2.37. The second-order valence-corrected chi connectivity index (χ2v) is 4.57. The van der Waals surface area contributed by atoms with Crippen molar-refractivity contribution in [1.82, 2.24) is 0 Å². The number of rotatable bonds is 4. The Morgan fingerprint density at radius 2 is 1.11 bits per heavy atom. The second-order valence-electron chi connectivity index (χ2n) is 4.57. The number of aryl methyl sites for hydroxylation is 4. The van der Waals surface area contributed by atoms with Crippen molar-refractivity contribution in [2.24, 2.45) is 0 Å². The van der Waals surface area contributed by atoms with Crippen molar-refractivity contribution in [2.45, 2.75) is 53.4 Å². The van der Waals surface area contributed by atoms with Crippen LogP contribution in [0, 0.1) is 0 Å². The molecular formula is C18H26Fe. The maximum Gasteiger partial charge on any atom is 2.00 e. The van der Waals surface area contributed by atoms with Gasteiger partial charge in [-0.05, 0) is 0 Å². The Morgan fingerprint density at radius 1 is 0.737 bits per heavy atom. The van der Waals surface area contributed by atoms with E-state index in [0.29, 0.717) is 0 Å². The summed E-state index contributed by atoms with van der Waals surface area (Å²) in [6.45, 7) is 8.81. The molecule has 0 spiro atoms. The normalized spacial score (nSPS) is 9.47. The van der Waals surface area contributed by atoms with E-state index in [1.165, 1.54) is 47.9 Å². The van der Waals surface area contributed by atoms with Gasteiger partial charge in [0.2, 0.25) is 0 Å². The molecule has 0 heterocycles. The summed E-state index contributed by atoms with van der Waals surface area (Å²) in [4.78, 5) is 0. The van der Waals surface area contributed by atoms with Gasteiger partial charge in [-0.1, -0.05) is 53.4 Å². The molecular weight excluding hydrogens is 272 g/mol. The fraction of sp³-hybridized carbons (Fsp3) is 0.444. The quantitative estimate of drug-likeness (QED) is 0.547. The molecule has 0 aliphatic heterocycles. The molecule has 0 aromatic heterocycles. The zero-order valence-electron chi connectivity index (χ0n) is 12.6. The minimum atomic E-state index is 0. The molecule has 0 radical (unpaired) electrons. The zero-order valence-corrected chi connectivity index (χ0v) is 13.8. The van der Waals surface area contributed by atoms with E-state index in [2.05, 4.69) is 64.1 Å². The van der Waals surface area contributed by atoms with Gasteiger partial charge in [0.05, 0.1) is 0 Å². The van der Waals surface area contributed by atoms with E-state index in [0.717, 1.165) is 0 Å². The van der Waals surface area contributed by atoms with Crippen LogP contribution in [0.15, 0.2) is 36.4 Å². The first-order valence-electron chi connectivity index (χ1n) is 7.23. The fourth-order valence-electron chi connectivity index (χ4n) is 2.37. The molecule has 0 unspecified atom stereocenters. The molecule has 0 atom stereocenters. The van der Waals surface area contributed by atoms with E-state index in [4.69, 9.17) is 0 Å². The Kier molecular flexibility index (Phi) is 9.65. The molecule has 2 aromatic rings. The molecule has 0 aliphatic rings. The number of hydrogen-bond acceptors (Lipinski definition) is 0. The maximum atomic E-state index is 2.21. The van der Waals surface area contributed by atoms with Crippen LogP contribution in [0.4, 0.5) is 0 Å². The predicted molar refractivity (Wildman–Crippen MR) is 81.6 cm³/mol. The van der Waals surface area contributed by atoms with E-state index < -0.39 is 0 Å². The van der Waals surface area contributed by atoms with Crippen LogP contribution in [0.2, 0.25) is 0 Å². The van der Waals surface area contributed by atoms with Gasteiger partial charge in [-0.3, -0.25) is 0 Å². The Balaban J connectivity index is 0.000000324. The molecule has 2 rings (SSSR count). The minimum absolute atomic E-state index is 0. The van der Waals surface area contributed by atoms with Crippen molar-refractivity contribution < 1.29 is 17.1 Å². The average Bonchev–Trinajstić information content (AvgIpc) is 3.06. The summed E-state index contributed by atoms with van der Waals surface area (Å²) in [5.41, 5.74) is 6.05. The Morgan fingerprint density at radius 3 is 1.32 bits per heavy atom. The summed E-state index contributed by atoms with van der Waals surface area (Å²) < 4.78 is 0. The summed E-state index contributed by atoms with van der Waals surface area (Å²) in [6.07, 6.45) is 4.71. The molecule has 1 heteroatoms. The molecule has 0 saturated carbocycles. The number of hydrogen-bond donors (Lipinski definition) is 0. The molecule has 0 amide bonds. The largest absolute Gasteiger partial charge is 2.00 e. The van der Waals surface area contributed by atoms with Gasteiger partial charge < -0.3 is 0 Å². The van der Waals surface area contributed by atoms with Gasteiger partial charge in [0.15, 0.2) is 0 Å². The third-order valence-electron chi connectivity index (χ3n) is 3.54. The first-order valence-corrected chi connectivity index (χ1v) is 7.23. The molecule has 0 N–H and O–H groups in total. The Hall–Kier alpha value is -0.781. The maximum absolute atomic E-state index is 2.21. The smallest absolute Gasteiger partial charge is 0.213 e. The molecule has 19 heavy (non-hydrogen) atoms. The van der Waals surface area contributed by atoms with Crippen LogP contribution in [-0.4, -0.2) is 0 Å². The van der Waals surface area contributed by atoms with Crippen LogP contribution < -0.4 is 0 Å². The summed E-state index contributed by atoms with van der Waals surface area (Å²) >= 11 is 0. The third-order valence-corrected chi connectivity index (χ3v) is 3.54. The van der Waals surface area contributed by atoms with Crippen molar-refractivity contribution in [2.75, 3.05) is 0 Å². The van der Waals surface area contributed by atoms with Crippen molar-refractivity contribution in [1.29, 1.82) is 0 Å². The SMILES string of the molecule is CCc1ccc[c-]1CC.CCc1ccc[c-]1CC.[Fe+2]. The molecule has 106 valence electrons. The van der Waals surface area contributed by atoms with Gasteiger partial charge in [-0.2, -0.15) is 34.4 Å². The topological polar surface area (TPSA) is 0 Å². The van der Waals surface area contributed by atoms with Gasteiger partial charge in [-0.25, -0.2) is 24.3 Å². The first kappa shape index (κ1) is 18.2. The Bertz CT molecular complexity index is 355. The van der Waals surface area contributed by atoms with Crippen LogP contribution in [0.1, 0.15) is 49.9 Å². The second kappa shape index (κ2) is 10.1. The standard InChI is InChI=1S/2C9H13.Fe/c2*1-3-8-6-5-7-9(8)4-2;/h2*5-7H,3-4H2,1-2H3;/q2*-1;+2.